The van der Waals surface area contributed by atoms with Crippen LogP contribution in [-0.4, -0.2) is 48.4 Å². The molecule has 1 N–H and O–H groups in total. The van der Waals surface area contributed by atoms with E-state index in [1.807, 2.05) is 6.92 Å². The molecule has 0 atom stereocenters. The fraction of sp³-hybridized carbons (Fsp3) is 0.700. The topological polar surface area (TPSA) is 58.7 Å². The van der Waals surface area contributed by atoms with Crippen LogP contribution in [0.1, 0.15) is 11.5 Å². The van der Waals surface area contributed by atoms with Crippen LogP contribution in [0, 0.1) is 6.92 Å². The maximum atomic E-state index is 8.91. The SMILES string of the molecule is COCCN(CCO)Cc1ncoc1C. The summed E-state index contributed by atoms with van der Waals surface area (Å²) in [5.74, 6) is 0.829. The summed E-state index contributed by atoms with van der Waals surface area (Å²) in [7, 11) is 1.67. The predicted molar refractivity (Wildman–Crippen MR) is 55.5 cm³/mol. The molecule has 0 spiro atoms. The van der Waals surface area contributed by atoms with Crippen LogP contribution in [0.15, 0.2) is 10.8 Å². The number of hydrogen-bond acceptors (Lipinski definition) is 5. The molecule has 86 valence electrons. The van der Waals surface area contributed by atoms with Gasteiger partial charge in [-0.15, -0.1) is 0 Å². The summed E-state index contributed by atoms with van der Waals surface area (Å²) < 4.78 is 10.1. The highest BCUT2D eigenvalue weighted by molar-refractivity contribution is 5.04. The van der Waals surface area contributed by atoms with E-state index in [-0.39, 0.29) is 6.61 Å². The van der Waals surface area contributed by atoms with Gasteiger partial charge in [0.1, 0.15) is 5.76 Å². The Kier molecular flexibility index (Phi) is 5.31. The minimum absolute atomic E-state index is 0.139. The highest BCUT2D eigenvalue weighted by atomic mass is 16.5. The molecule has 0 fully saturated rings. The second-order valence-electron chi connectivity index (χ2n) is 3.35. The second-order valence-corrected chi connectivity index (χ2v) is 3.35. The monoisotopic (exact) mass is 214 g/mol. The molecule has 0 unspecified atom stereocenters. The van der Waals surface area contributed by atoms with Gasteiger partial charge in [-0.3, -0.25) is 4.90 Å². The smallest absolute Gasteiger partial charge is 0.181 e. The molecule has 0 aliphatic rings. The Bertz CT molecular complexity index is 275. The number of aliphatic hydroxyl groups excluding tert-OH is 1. The van der Waals surface area contributed by atoms with Crippen LogP contribution < -0.4 is 0 Å². The van der Waals surface area contributed by atoms with Crippen molar-refractivity contribution in [3.8, 4) is 0 Å². The molecule has 5 nitrogen and oxygen atoms in total. The van der Waals surface area contributed by atoms with E-state index in [2.05, 4.69) is 9.88 Å². The van der Waals surface area contributed by atoms with Gasteiger partial charge in [-0.05, 0) is 6.92 Å². The standard InChI is InChI=1S/C10H18N2O3/c1-9-10(11-8-15-9)7-12(3-5-13)4-6-14-2/h8,13H,3-7H2,1-2H3. The minimum atomic E-state index is 0.139. The lowest BCUT2D eigenvalue weighted by atomic mass is 10.3. The first-order valence-corrected chi connectivity index (χ1v) is 4.99. The van der Waals surface area contributed by atoms with E-state index in [1.54, 1.807) is 7.11 Å². The van der Waals surface area contributed by atoms with E-state index in [0.717, 1.165) is 18.0 Å². The first kappa shape index (κ1) is 12.2. The zero-order valence-electron chi connectivity index (χ0n) is 9.27. The van der Waals surface area contributed by atoms with E-state index in [0.29, 0.717) is 19.7 Å². The van der Waals surface area contributed by atoms with Crippen molar-refractivity contribution >= 4 is 0 Å². The summed E-state index contributed by atoms with van der Waals surface area (Å²) >= 11 is 0. The number of oxazole rings is 1. The van der Waals surface area contributed by atoms with Gasteiger partial charge in [-0.2, -0.15) is 0 Å². The number of aliphatic hydroxyl groups is 1. The highest BCUT2D eigenvalue weighted by Gasteiger charge is 2.09. The summed E-state index contributed by atoms with van der Waals surface area (Å²) in [5, 5.41) is 8.91. The highest BCUT2D eigenvalue weighted by Crippen LogP contribution is 2.07. The van der Waals surface area contributed by atoms with E-state index < -0.39 is 0 Å². The molecule has 0 saturated carbocycles. The average molecular weight is 214 g/mol. The Morgan fingerprint density at radius 1 is 1.53 bits per heavy atom. The lowest BCUT2D eigenvalue weighted by Crippen LogP contribution is -2.30. The number of ether oxygens (including phenoxy) is 1. The summed E-state index contributed by atoms with van der Waals surface area (Å²) in [6.07, 6.45) is 1.44. The number of aryl methyl sites for hydroxylation is 1. The first-order valence-electron chi connectivity index (χ1n) is 4.99. The molecule has 0 saturated heterocycles. The molecule has 1 aromatic heterocycles. The van der Waals surface area contributed by atoms with Gasteiger partial charge in [0.25, 0.3) is 0 Å². The van der Waals surface area contributed by atoms with Crippen LogP contribution >= 0.6 is 0 Å². The van der Waals surface area contributed by atoms with Crippen molar-refractivity contribution in [2.45, 2.75) is 13.5 Å². The second kappa shape index (κ2) is 6.55. The molecule has 1 rings (SSSR count). The summed E-state index contributed by atoms with van der Waals surface area (Å²) in [6, 6.07) is 0. The number of aromatic nitrogens is 1. The van der Waals surface area contributed by atoms with Crippen molar-refractivity contribution in [2.75, 3.05) is 33.4 Å². The van der Waals surface area contributed by atoms with Crippen LogP contribution in [0.4, 0.5) is 0 Å². The fourth-order valence-corrected chi connectivity index (χ4v) is 1.32. The van der Waals surface area contributed by atoms with Gasteiger partial charge in [0, 0.05) is 26.7 Å². The van der Waals surface area contributed by atoms with Crippen molar-refractivity contribution in [1.29, 1.82) is 0 Å². The fourth-order valence-electron chi connectivity index (χ4n) is 1.32. The number of rotatable bonds is 7. The maximum Gasteiger partial charge on any atom is 0.181 e. The average Bonchev–Trinajstić information content (AvgIpc) is 2.61. The van der Waals surface area contributed by atoms with Gasteiger partial charge < -0.3 is 14.3 Å². The van der Waals surface area contributed by atoms with Gasteiger partial charge in [0.15, 0.2) is 6.39 Å². The predicted octanol–water partition coefficient (Wildman–Crippen LogP) is 0.424. The quantitative estimate of drug-likeness (QED) is 0.713. The maximum absolute atomic E-state index is 8.91. The van der Waals surface area contributed by atoms with Gasteiger partial charge in [0.2, 0.25) is 0 Å². The third kappa shape index (κ3) is 3.99. The third-order valence-electron chi connectivity index (χ3n) is 2.25. The molecular weight excluding hydrogens is 196 g/mol. The molecule has 1 heterocycles. The van der Waals surface area contributed by atoms with Crippen molar-refractivity contribution < 1.29 is 14.3 Å². The Hall–Kier alpha value is -0.910. The molecule has 15 heavy (non-hydrogen) atoms. The number of methoxy groups -OCH3 is 1. The summed E-state index contributed by atoms with van der Waals surface area (Å²) in [5.41, 5.74) is 0.916. The lowest BCUT2D eigenvalue weighted by Gasteiger charge is -2.19. The molecule has 0 aliphatic heterocycles. The zero-order chi connectivity index (χ0) is 11.1. The molecule has 0 amide bonds. The van der Waals surface area contributed by atoms with E-state index in [1.165, 1.54) is 6.39 Å². The minimum Gasteiger partial charge on any atom is -0.448 e. The van der Waals surface area contributed by atoms with Gasteiger partial charge >= 0.3 is 0 Å². The van der Waals surface area contributed by atoms with Crippen LogP contribution in [0.25, 0.3) is 0 Å². The molecule has 0 aliphatic carbocycles. The third-order valence-corrected chi connectivity index (χ3v) is 2.25. The van der Waals surface area contributed by atoms with E-state index >= 15 is 0 Å². The number of hydrogen-bond donors (Lipinski definition) is 1. The van der Waals surface area contributed by atoms with Crippen LogP contribution in [-0.2, 0) is 11.3 Å². The molecule has 0 aromatic carbocycles. The van der Waals surface area contributed by atoms with Crippen molar-refractivity contribution in [3.63, 3.8) is 0 Å². The van der Waals surface area contributed by atoms with Gasteiger partial charge in [-0.25, -0.2) is 4.98 Å². The molecule has 0 radical (unpaired) electrons. The molecule has 5 heteroatoms. The Balaban J connectivity index is 2.46. The van der Waals surface area contributed by atoms with E-state index in [9.17, 15) is 0 Å². The summed E-state index contributed by atoms with van der Waals surface area (Å²) in [4.78, 5) is 6.19. The van der Waals surface area contributed by atoms with E-state index in [4.69, 9.17) is 14.3 Å². The van der Waals surface area contributed by atoms with Gasteiger partial charge in [0.05, 0.1) is 18.9 Å². The largest absolute Gasteiger partial charge is 0.448 e. The van der Waals surface area contributed by atoms with Crippen molar-refractivity contribution in [3.05, 3.63) is 17.8 Å². The van der Waals surface area contributed by atoms with Crippen LogP contribution in [0.2, 0.25) is 0 Å². The Morgan fingerprint density at radius 3 is 2.87 bits per heavy atom. The van der Waals surface area contributed by atoms with Crippen LogP contribution in [0.3, 0.4) is 0 Å². The first-order chi connectivity index (χ1) is 7.27. The van der Waals surface area contributed by atoms with Crippen molar-refractivity contribution in [2.24, 2.45) is 0 Å². The Morgan fingerprint density at radius 2 is 2.33 bits per heavy atom. The summed E-state index contributed by atoms with van der Waals surface area (Å²) in [6.45, 7) is 4.76. The zero-order valence-corrected chi connectivity index (χ0v) is 9.27. The normalized spacial score (nSPS) is 11.2. The molecule has 0 bridgehead atoms. The van der Waals surface area contributed by atoms with Crippen LogP contribution in [0.5, 0.6) is 0 Å². The van der Waals surface area contributed by atoms with Crippen molar-refractivity contribution in [1.82, 2.24) is 9.88 Å². The molecule has 1 aromatic rings. The molecular formula is C10H18N2O3. The van der Waals surface area contributed by atoms with Gasteiger partial charge in [-0.1, -0.05) is 0 Å². The lowest BCUT2D eigenvalue weighted by molar-refractivity contribution is 0.126. The Labute approximate surface area is 89.7 Å². The number of nitrogens with zero attached hydrogens (tertiary/aromatic N) is 2.